The maximum absolute atomic E-state index is 5.48. The Bertz CT molecular complexity index is 284. The fourth-order valence-corrected chi connectivity index (χ4v) is 3.88. The highest BCUT2D eigenvalue weighted by molar-refractivity contribution is 8.23. The van der Waals surface area contributed by atoms with Crippen molar-refractivity contribution in [1.29, 1.82) is 0 Å². The molecule has 0 nitrogen and oxygen atoms in total. The Kier molecular flexibility index (Phi) is 19.9. The number of allylic oxidation sites excluding steroid dienone is 2. The van der Waals surface area contributed by atoms with E-state index in [1.807, 2.05) is 23.9 Å². The molecule has 0 fully saturated rings. The van der Waals surface area contributed by atoms with Crippen LogP contribution in [0.4, 0.5) is 0 Å². The van der Waals surface area contributed by atoms with Gasteiger partial charge < -0.3 is 0 Å². The third-order valence-corrected chi connectivity index (χ3v) is 5.68. The fourth-order valence-electron chi connectivity index (χ4n) is 2.62. The molecule has 0 heterocycles. The average Bonchev–Trinajstić information content (AvgIpc) is 2.56. The van der Waals surface area contributed by atoms with Gasteiger partial charge in [0.15, 0.2) is 0 Å². The van der Waals surface area contributed by atoms with E-state index in [-0.39, 0.29) is 0 Å². The summed E-state index contributed by atoms with van der Waals surface area (Å²) < 4.78 is 1.24. The summed E-state index contributed by atoms with van der Waals surface area (Å²) in [5.41, 5.74) is 0. The molecule has 0 saturated carbocycles. The normalized spacial score (nSPS) is 10.6. The van der Waals surface area contributed by atoms with Gasteiger partial charge in [0.2, 0.25) is 0 Å². The minimum absolute atomic E-state index is 1.15. The highest BCUT2D eigenvalue weighted by Crippen LogP contribution is 2.16. The van der Waals surface area contributed by atoms with Crippen LogP contribution in [0, 0.1) is 0 Å². The lowest BCUT2D eigenvalue weighted by atomic mass is 10.1. The molecule has 0 rings (SSSR count). The second-order valence-corrected chi connectivity index (χ2v) is 8.31. The van der Waals surface area contributed by atoms with Crippen molar-refractivity contribution >= 4 is 28.2 Å². The van der Waals surface area contributed by atoms with Crippen molar-refractivity contribution in [3.8, 4) is 0 Å². The molecule has 0 spiro atoms. The van der Waals surface area contributed by atoms with Crippen LogP contribution >= 0.6 is 24.0 Å². The van der Waals surface area contributed by atoms with Crippen molar-refractivity contribution in [2.24, 2.45) is 0 Å². The van der Waals surface area contributed by atoms with Gasteiger partial charge >= 0.3 is 0 Å². The number of unbranched alkanes of at least 4 members (excludes halogenated alkanes) is 12. The molecule has 2 heteroatoms. The predicted molar refractivity (Wildman–Crippen MR) is 115 cm³/mol. The highest BCUT2D eigenvalue weighted by Gasteiger charge is 1.99. The third-order valence-electron chi connectivity index (χ3n) is 4.10. The zero-order chi connectivity index (χ0) is 17.0. The molecular formula is C21H38S2. The molecular weight excluding hydrogens is 316 g/mol. The van der Waals surface area contributed by atoms with E-state index in [2.05, 4.69) is 13.2 Å². The van der Waals surface area contributed by atoms with E-state index >= 15 is 0 Å². The summed E-state index contributed by atoms with van der Waals surface area (Å²) in [6.07, 6.45) is 23.8. The molecule has 0 aromatic rings. The van der Waals surface area contributed by atoms with Crippen LogP contribution in [0.15, 0.2) is 25.3 Å². The van der Waals surface area contributed by atoms with E-state index in [0.29, 0.717) is 0 Å². The number of thioether (sulfide) groups is 1. The molecule has 0 amide bonds. The molecule has 0 unspecified atom stereocenters. The molecule has 134 valence electrons. The Labute approximate surface area is 155 Å². The molecule has 0 bridgehead atoms. The monoisotopic (exact) mass is 354 g/mol. The van der Waals surface area contributed by atoms with Gasteiger partial charge in [-0.05, 0) is 50.7 Å². The maximum atomic E-state index is 5.48. The molecule has 0 N–H and O–H groups in total. The van der Waals surface area contributed by atoms with Gasteiger partial charge in [-0.1, -0.05) is 75.7 Å². The summed E-state index contributed by atoms with van der Waals surface area (Å²) in [7, 11) is 0. The van der Waals surface area contributed by atoms with E-state index in [9.17, 15) is 0 Å². The number of hydrogen-bond donors (Lipinski definition) is 0. The number of hydrogen-bond acceptors (Lipinski definition) is 2. The SMILES string of the molecule is C=CCCCCCCCCSC(=S)CCCCCCCCC=C. The summed E-state index contributed by atoms with van der Waals surface area (Å²) in [5, 5.41) is 0. The van der Waals surface area contributed by atoms with Crippen LogP contribution < -0.4 is 0 Å². The highest BCUT2D eigenvalue weighted by atomic mass is 32.2. The maximum Gasteiger partial charge on any atom is 0.0478 e. The lowest BCUT2D eigenvalue weighted by Gasteiger charge is -2.04. The second kappa shape index (κ2) is 20.0. The Morgan fingerprint density at radius 1 is 0.652 bits per heavy atom. The number of thiocarbonyl (C=S) groups is 1. The minimum Gasteiger partial charge on any atom is -0.119 e. The zero-order valence-electron chi connectivity index (χ0n) is 15.2. The zero-order valence-corrected chi connectivity index (χ0v) is 16.8. The summed E-state index contributed by atoms with van der Waals surface area (Å²) in [6.45, 7) is 7.53. The second-order valence-electron chi connectivity index (χ2n) is 6.37. The van der Waals surface area contributed by atoms with Crippen molar-refractivity contribution in [2.75, 3.05) is 5.75 Å². The van der Waals surface area contributed by atoms with Crippen LogP contribution in [0.1, 0.15) is 96.3 Å². The Hall–Kier alpha value is -0.0800. The van der Waals surface area contributed by atoms with E-state index in [1.54, 1.807) is 0 Å². The van der Waals surface area contributed by atoms with Crippen molar-refractivity contribution < 1.29 is 0 Å². The lowest BCUT2D eigenvalue weighted by Crippen LogP contribution is -1.92. The van der Waals surface area contributed by atoms with Crippen LogP contribution in [0.5, 0.6) is 0 Å². The Morgan fingerprint density at radius 2 is 1.09 bits per heavy atom. The summed E-state index contributed by atoms with van der Waals surface area (Å²) >= 11 is 7.41. The van der Waals surface area contributed by atoms with Gasteiger partial charge in [-0.3, -0.25) is 0 Å². The van der Waals surface area contributed by atoms with Crippen molar-refractivity contribution in [3.05, 3.63) is 25.3 Å². The van der Waals surface area contributed by atoms with Crippen LogP contribution in [0.25, 0.3) is 0 Å². The molecule has 0 aromatic carbocycles. The van der Waals surface area contributed by atoms with Crippen LogP contribution in [0.2, 0.25) is 0 Å². The quantitative estimate of drug-likeness (QED) is 0.138. The summed E-state index contributed by atoms with van der Waals surface area (Å²) in [6, 6.07) is 0. The smallest absolute Gasteiger partial charge is 0.0478 e. The van der Waals surface area contributed by atoms with Crippen LogP contribution in [-0.2, 0) is 0 Å². The molecule has 0 saturated heterocycles. The first kappa shape index (κ1) is 22.9. The molecule has 0 atom stereocenters. The lowest BCUT2D eigenvalue weighted by molar-refractivity contribution is 0.605. The average molecular weight is 355 g/mol. The van der Waals surface area contributed by atoms with Crippen LogP contribution in [-0.4, -0.2) is 9.95 Å². The van der Waals surface area contributed by atoms with Gasteiger partial charge in [-0.25, -0.2) is 0 Å². The number of rotatable bonds is 18. The van der Waals surface area contributed by atoms with Gasteiger partial charge in [0.05, 0.1) is 0 Å². The van der Waals surface area contributed by atoms with E-state index in [1.165, 1.54) is 99.8 Å². The van der Waals surface area contributed by atoms with E-state index < -0.39 is 0 Å². The summed E-state index contributed by atoms with van der Waals surface area (Å²) in [4.78, 5) is 0. The van der Waals surface area contributed by atoms with Gasteiger partial charge in [0, 0.05) is 4.20 Å². The topological polar surface area (TPSA) is 0 Å². The van der Waals surface area contributed by atoms with Crippen molar-refractivity contribution in [1.82, 2.24) is 0 Å². The Balaban J connectivity index is 3.16. The molecule has 0 aliphatic heterocycles. The molecule has 23 heavy (non-hydrogen) atoms. The van der Waals surface area contributed by atoms with Crippen LogP contribution in [0.3, 0.4) is 0 Å². The predicted octanol–water partition coefficient (Wildman–Crippen LogP) is 8.27. The summed E-state index contributed by atoms with van der Waals surface area (Å²) in [5.74, 6) is 1.23. The Morgan fingerprint density at radius 3 is 1.61 bits per heavy atom. The standard InChI is InChI=1S/C21H38S2/c1-3-5-7-9-11-13-15-17-19-21(22)23-20-18-16-14-12-10-8-6-4-2/h3-4H,1-2,5-20H2. The van der Waals surface area contributed by atoms with Gasteiger partial charge in [-0.15, -0.1) is 24.9 Å². The van der Waals surface area contributed by atoms with Gasteiger partial charge in [0.25, 0.3) is 0 Å². The van der Waals surface area contributed by atoms with E-state index in [4.69, 9.17) is 12.2 Å². The van der Waals surface area contributed by atoms with Gasteiger partial charge in [-0.2, -0.15) is 0 Å². The van der Waals surface area contributed by atoms with E-state index in [0.717, 1.165) is 6.42 Å². The van der Waals surface area contributed by atoms with Crippen molar-refractivity contribution in [2.45, 2.75) is 96.3 Å². The van der Waals surface area contributed by atoms with Crippen molar-refractivity contribution in [3.63, 3.8) is 0 Å². The first-order chi connectivity index (χ1) is 11.3. The molecule has 0 radical (unpaired) electrons. The largest absolute Gasteiger partial charge is 0.119 e. The molecule has 0 aliphatic rings. The fraction of sp³-hybridized carbons (Fsp3) is 0.762. The van der Waals surface area contributed by atoms with Gasteiger partial charge in [0.1, 0.15) is 0 Å². The minimum atomic E-state index is 1.15. The first-order valence-electron chi connectivity index (χ1n) is 9.68. The molecule has 0 aromatic heterocycles. The molecule has 0 aliphatic carbocycles. The third kappa shape index (κ3) is 19.9. The first-order valence-corrected chi connectivity index (χ1v) is 11.1.